The summed E-state index contributed by atoms with van der Waals surface area (Å²) in [6.45, 7) is 2.81. The van der Waals surface area contributed by atoms with Crippen LogP contribution in [0.2, 0.25) is 0 Å². The summed E-state index contributed by atoms with van der Waals surface area (Å²) in [4.78, 5) is 29.0. The Balaban J connectivity index is 1.21. The van der Waals surface area contributed by atoms with Crippen LogP contribution in [-0.2, 0) is 24.3 Å². The van der Waals surface area contributed by atoms with Crippen LogP contribution in [0, 0.1) is 0 Å². The SMILES string of the molecule is COc1cc2c(cc1OC)CN(C(=O)CCCCCN1Cc3ccccc3C1=O)CC2. The van der Waals surface area contributed by atoms with E-state index in [2.05, 4.69) is 0 Å². The van der Waals surface area contributed by atoms with Gasteiger partial charge in [0.25, 0.3) is 5.91 Å². The van der Waals surface area contributed by atoms with Gasteiger partial charge in [-0.25, -0.2) is 0 Å². The van der Waals surface area contributed by atoms with Crippen LogP contribution in [0.25, 0.3) is 0 Å². The number of carbonyl (C=O) groups is 2. The fourth-order valence-corrected chi connectivity index (χ4v) is 4.51. The number of hydrogen-bond donors (Lipinski definition) is 0. The summed E-state index contributed by atoms with van der Waals surface area (Å²) >= 11 is 0. The molecule has 31 heavy (non-hydrogen) atoms. The van der Waals surface area contributed by atoms with Crippen molar-refractivity contribution in [3.05, 3.63) is 58.7 Å². The fourth-order valence-electron chi connectivity index (χ4n) is 4.51. The molecule has 6 nitrogen and oxygen atoms in total. The number of nitrogens with zero attached hydrogens (tertiary/aromatic N) is 2. The Bertz CT molecular complexity index is 972. The van der Waals surface area contributed by atoms with Gasteiger partial charge in [-0.3, -0.25) is 9.59 Å². The van der Waals surface area contributed by atoms with Gasteiger partial charge >= 0.3 is 0 Å². The van der Waals surface area contributed by atoms with Gasteiger partial charge in [0.1, 0.15) is 0 Å². The Hall–Kier alpha value is -3.02. The molecule has 0 bridgehead atoms. The van der Waals surface area contributed by atoms with E-state index in [0.29, 0.717) is 25.3 Å². The van der Waals surface area contributed by atoms with E-state index in [-0.39, 0.29) is 11.8 Å². The summed E-state index contributed by atoms with van der Waals surface area (Å²) in [6.07, 6.45) is 4.10. The molecule has 0 radical (unpaired) electrons. The number of unbranched alkanes of at least 4 members (excludes halogenated alkanes) is 2. The topological polar surface area (TPSA) is 59.1 Å². The molecule has 4 rings (SSSR count). The number of carbonyl (C=O) groups excluding carboxylic acids is 2. The Morgan fingerprint density at radius 2 is 1.68 bits per heavy atom. The normalized spacial score (nSPS) is 15.0. The van der Waals surface area contributed by atoms with Crippen LogP contribution >= 0.6 is 0 Å². The lowest BCUT2D eigenvalue weighted by Gasteiger charge is -2.29. The third-order valence-corrected chi connectivity index (χ3v) is 6.29. The molecule has 2 heterocycles. The molecule has 2 aromatic rings. The van der Waals surface area contributed by atoms with Crippen LogP contribution < -0.4 is 9.47 Å². The quantitative estimate of drug-likeness (QED) is 0.607. The molecule has 2 amide bonds. The van der Waals surface area contributed by atoms with Gasteiger partial charge < -0.3 is 19.3 Å². The Labute approximate surface area is 183 Å². The van der Waals surface area contributed by atoms with E-state index in [0.717, 1.165) is 61.2 Å². The molecule has 0 unspecified atom stereocenters. The number of rotatable bonds is 8. The number of hydrogen-bond acceptors (Lipinski definition) is 4. The Morgan fingerprint density at radius 1 is 0.935 bits per heavy atom. The van der Waals surface area contributed by atoms with Crippen molar-refractivity contribution in [2.75, 3.05) is 27.3 Å². The van der Waals surface area contributed by atoms with Gasteiger partial charge in [-0.15, -0.1) is 0 Å². The summed E-state index contributed by atoms with van der Waals surface area (Å²) < 4.78 is 10.8. The average molecular weight is 423 g/mol. The minimum Gasteiger partial charge on any atom is -0.493 e. The minimum atomic E-state index is 0.130. The van der Waals surface area contributed by atoms with Crippen LogP contribution in [-0.4, -0.2) is 48.9 Å². The van der Waals surface area contributed by atoms with Crippen LogP contribution in [0.3, 0.4) is 0 Å². The Morgan fingerprint density at radius 3 is 2.42 bits per heavy atom. The second-order valence-electron chi connectivity index (χ2n) is 8.24. The van der Waals surface area contributed by atoms with Crippen molar-refractivity contribution in [2.45, 2.75) is 45.2 Å². The fraction of sp³-hybridized carbons (Fsp3) is 0.440. The van der Waals surface area contributed by atoms with Gasteiger partial charge in [-0.1, -0.05) is 24.6 Å². The van der Waals surface area contributed by atoms with E-state index in [1.54, 1.807) is 14.2 Å². The minimum absolute atomic E-state index is 0.130. The van der Waals surface area contributed by atoms with Crippen molar-refractivity contribution in [1.82, 2.24) is 9.80 Å². The first-order chi connectivity index (χ1) is 15.1. The molecular weight excluding hydrogens is 392 g/mol. The zero-order valence-corrected chi connectivity index (χ0v) is 18.4. The van der Waals surface area contributed by atoms with Crippen molar-refractivity contribution in [1.29, 1.82) is 0 Å². The van der Waals surface area contributed by atoms with Crippen molar-refractivity contribution in [3.8, 4) is 11.5 Å². The standard InChI is InChI=1S/C25H30N2O4/c1-30-22-14-18-11-13-26(17-20(18)15-23(22)31-2)24(28)10-4-3-7-12-27-16-19-8-5-6-9-21(19)25(27)29/h5-6,8-9,14-15H,3-4,7,10-13,16-17H2,1-2H3. The van der Waals surface area contributed by atoms with Crippen LogP contribution in [0.4, 0.5) is 0 Å². The van der Waals surface area contributed by atoms with Crippen LogP contribution in [0.5, 0.6) is 11.5 Å². The first kappa shape index (κ1) is 21.2. The molecule has 6 heteroatoms. The van der Waals surface area contributed by atoms with Crippen LogP contribution in [0.15, 0.2) is 36.4 Å². The smallest absolute Gasteiger partial charge is 0.254 e. The summed E-state index contributed by atoms with van der Waals surface area (Å²) in [5.41, 5.74) is 4.29. The van der Waals surface area contributed by atoms with Crippen molar-refractivity contribution in [3.63, 3.8) is 0 Å². The number of amides is 2. The number of benzene rings is 2. The lowest BCUT2D eigenvalue weighted by molar-refractivity contribution is -0.132. The maximum Gasteiger partial charge on any atom is 0.254 e. The van der Waals surface area contributed by atoms with E-state index in [9.17, 15) is 9.59 Å². The Kier molecular flexibility index (Phi) is 6.44. The van der Waals surface area contributed by atoms with Gasteiger partial charge in [-0.2, -0.15) is 0 Å². The van der Waals surface area contributed by atoms with Crippen molar-refractivity contribution in [2.24, 2.45) is 0 Å². The highest BCUT2D eigenvalue weighted by atomic mass is 16.5. The lowest BCUT2D eigenvalue weighted by Crippen LogP contribution is -2.35. The molecule has 0 aromatic heterocycles. The van der Waals surface area contributed by atoms with Gasteiger partial charge in [0.2, 0.25) is 5.91 Å². The van der Waals surface area contributed by atoms with Crippen LogP contribution in [0.1, 0.15) is 52.7 Å². The maximum atomic E-state index is 12.7. The molecule has 2 aromatic carbocycles. The highest BCUT2D eigenvalue weighted by molar-refractivity contribution is 5.98. The highest BCUT2D eigenvalue weighted by Crippen LogP contribution is 2.33. The van der Waals surface area contributed by atoms with Crippen molar-refractivity contribution >= 4 is 11.8 Å². The van der Waals surface area contributed by atoms with Gasteiger partial charge in [0.15, 0.2) is 11.5 Å². The average Bonchev–Trinajstić information content (AvgIpc) is 3.12. The first-order valence-corrected chi connectivity index (χ1v) is 11.0. The highest BCUT2D eigenvalue weighted by Gasteiger charge is 2.26. The molecule has 0 aliphatic carbocycles. The molecule has 0 N–H and O–H groups in total. The summed E-state index contributed by atoms with van der Waals surface area (Å²) in [5, 5.41) is 0. The first-order valence-electron chi connectivity index (χ1n) is 11.0. The number of fused-ring (bicyclic) bond motifs is 2. The number of ether oxygens (including phenoxy) is 2. The van der Waals surface area contributed by atoms with E-state index < -0.39 is 0 Å². The third-order valence-electron chi connectivity index (χ3n) is 6.29. The molecule has 164 valence electrons. The van der Waals surface area contributed by atoms with Gasteiger partial charge in [-0.05, 0) is 54.2 Å². The largest absolute Gasteiger partial charge is 0.493 e. The van der Waals surface area contributed by atoms with Crippen molar-refractivity contribution < 1.29 is 19.1 Å². The van der Waals surface area contributed by atoms with E-state index >= 15 is 0 Å². The van der Waals surface area contributed by atoms with Gasteiger partial charge in [0.05, 0.1) is 14.2 Å². The molecule has 0 spiro atoms. The molecular formula is C25H30N2O4. The summed E-state index contributed by atoms with van der Waals surface area (Å²) in [6, 6.07) is 11.8. The van der Waals surface area contributed by atoms with Gasteiger partial charge in [0, 0.05) is 38.2 Å². The molecule has 0 saturated heterocycles. The lowest BCUT2D eigenvalue weighted by atomic mass is 9.98. The maximum absolute atomic E-state index is 12.7. The van der Waals surface area contributed by atoms with E-state index in [4.69, 9.17) is 9.47 Å². The summed E-state index contributed by atoms with van der Waals surface area (Å²) in [7, 11) is 3.27. The molecule has 2 aliphatic rings. The molecule has 0 fully saturated rings. The monoisotopic (exact) mass is 422 g/mol. The zero-order valence-electron chi connectivity index (χ0n) is 18.4. The predicted octanol–water partition coefficient (Wildman–Crippen LogP) is 3.80. The second kappa shape index (κ2) is 9.41. The van der Waals surface area contributed by atoms with E-state index in [1.165, 1.54) is 5.56 Å². The zero-order chi connectivity index (χ0) is 21.8. The molecule has 0 saturated carbocycles. The predicted molar refractivity (Wildman–Crippen MR) is 118 cm³/mol. The second-order valence-corrected chi connectivity index (χ2v) is 8.24. The summed E-state index contributed by atoms with van der Waals surface area (Å²) in [5.74, 6) is 1.77. The molecule has 0 atom stereocenters. The van der Waals surface area contributed by atoms with E-state index in [1.807, 2.05) is 46.2 Å². The third kappa shape index (κ3) is 4.53. The number of methoxy groups -OCH3 is 2. The molecule has 2 aliphatic heterocycles.